The minimum atomic E-state index is -0.729. The normalized spacial score (nSPS) is 12.5. The largest absolute Gasteiger partial charge is 0.481 e. The van der Waals surface area contributed by atoms with Crippen LogP contribution in [0.15, 0.2) is 36.5 Å². The van der Waals surface area contributed by atoms with Crippen molar-refractivity contribution in [3.63, 3.8) is 0 Å². The van der Waals surface area contributed by atoms with Gasteiger partial charge in [0.05, 0.1) is 7.11 Å². The molecule has 1 aromatic heterocycles. The summed E-state index contributed by atoms with van der Waals surface area (Å²) in [6.45, 7) is 1.29. The molecule has 25 heavy (non-hydrogen) atoms. The van der Waals surface area contributed by atoms with Gasteiger partial charge in [-0.15, -0.1) is 0 Å². The molecule has 0 unspecified atom stereocenters. The molecule has 0 spiro atoms. The van der Waals surface area contributed by atoms with Gasteiger partial charge in [0.2, 0.25) is 5.88 Å². The van der Waals surface area contributed by atoms with Crippen LogP contribution in [0.4, 0.5) is 11.4 Å². The zero-order valence-corrected chi connectivity index (χ0v) is 14.0. The minimum absolute atomic E-state index is 0.305. The Balaban J connectivity index is 1.55. The molecule has 3 rings (SSSR count). The summed E-state index contributed by atoms with van der Waals surface area (Å²) >= 11 is 0. The summed E-state index contributed by atoms with van der Waals surface area (Å²) in [5, 5.41) is 8.50. The predicted molar refractivity (Wildman–Crippen MR) is 94.5 cm³/mol. The van der Waals surface area contributed by atoms with Gasteiger partial charge in [0, 0.05) is 36.7 Å². The van der Waals surface area contributed by atoms with Crippen LogP contribution in [0.25, 0.3) is 0 Å². The van der Waals surface area contributed by atoms with Crippen molar-refractivity contribution in [2.75, 3.05) is 24.3 Å². The van der Waals surface area contributed by atoms with E-state index in [2.05, 4.69) is 27.0 Å². The maximum atomic E-state index is 12.0. The summed E-state index contributed by atoms with van der Waals surface area (Å²) in [5.41, 5.74) is 3.80. The first-order valence-corrected chi connectivity index (χ1v) is 8.10. The van der Waals surface area contributed by atoms with Crippen molar-refractivity contribution >= 4 is 23.2 Å². The second-order valence-electron chi connectivity index (χ2n) is 5.75. The third kappa shape index (κ3) is 4.26. The Morgan fingerprint density at radius 2 is 2.12 bits per heavy atom. The van der Waals surface area contributed by atoms with Gasteiger partial charge >= 0.3 is 11.8 Å². The smallest absolute Gasteiger partial charge is 0.313 e. The number of hydrogen-bond donors (Lipinski definition) is 3. The number of aromatic nitrogens is 1. The van der Waals surface area contributed by atoms with Crippen LogP contribution in [-0.2, 0) is 22.6 Å². The second kappa shape index (κ2) is 7.65. The molecule has 0 aliphatic carbocycles. The summed E-state index contributed by atoms with van der Waals surface area (Å²) in [6.07, 6.45) is 3.61. The lowest BCUT2D eigenvalue weighted by molar-refractivity contribution is -0.136. The van der Waals surface area contributed by atoms with Gasteiger partial charge < -0.3 is 20.7 Å². The van der Waals surface area contributed by atoms with Crippen LogP contribution < -0.4 is 20.7 Å². The van der Waals surface area contributed by atoms with Gasteiger partial charge in [-0.05, 0) is 36.1 Å². The summed E-state index contributed by atoms with van der Waals surface area (Å²) in [5.74, 6) is -1.06. The lowest BCUT2D eigenvalue weighted by atomic mass is 10.0. The van der Waals surface area contributed by atoms with Gasteiger partial charge in [-0.3, -0.25) is 9.59 Å². The molecule has 3 N–H and O–H groups in total. The number of nitrogens with one attached hydrogen (secondary N) is 3. The molecule has 1 aliphatic rings. The predicted octanol–water partition coefficient (Wildman–Crippen LogP) is 1.70. The van der Waals surface area contributed by atoms with Crippen LogP contribution in [0.2, 0.25) is 0 Å². The molecule has 7 heteroatoms. The first kappa shape index (κ1) is 16.8. The van der Waals surface area contributed by atoms with E-state index >= 15 is 0 Å². The number of benzene rings is 1. The van der Waals surface area contributed by atoms with Crippen LogP contribution in [0.5, 0.6) is 5.88 Å². The third-order valence-corrected chi connectivity index (χ3v) is 3.97. The molecular weight excluding hydrogens is 320 g/mol. The Hall–Kier alpha value is -3.09. The fourth-order valence-electron chi connectivity index (χ4n) is 2.69. The number of ether oxygens (including phenoxy) is 1. The second-order valence-corrected chi connectivity index (χ2v) is 5.75. The lowest BCUT2D eigenvalue weighted by Crippen LogP contribution is -2.35. The van der Waals surface area contributed by atoms with Crippen molar-refractivity contribution < 1.29 is 14.3 Å². The fourth-order valence-corrected chi connectivity index (χ4v) is 2.69. The zero-order valence-electron chi connectivity index (χ0n) is 14.0. The number of aryl methyl sites for hydroxylation is 1. The highest BCUT2D eigenvalue weighted by atomic mass is 16.5. The first-order valence-electron chi connectivity index (χ1n) is 8.10. The van der Waals surface area contributed by atoms with Crippen LogP contribution in [-0.4, -0.2) is 30.5 Å². The number of carbonyl (C=O) groups excluding carboxylic acids is 2. The van der Waals surface area contributed by atoms with E-state index in [4.69, 9.17) is 4.74 Å². The molecule has 0 saturated carbocycles. The van der Waals surface area contributed by atoms with Crippen molar-refractivity contribution in [1.29, 1.82) is 0 Å². The van der Waals surface area contributed by atoms with Gasteiger partial charge in [0.15, 0.2) is 0 Å². The molecule has 7 nitrogen and oxygen atoms in total. The number of carbonyl (C=O) groups is 2. The average Bonchev–Trinajstić information content (AvgIpc) is 2.66. The molecule has 0 bridgehead atoms. The van der Waals surface area contributed by atoms with Crippen LogP contribution in [0.3, 0.4) is 0 Å². The number of methoxy groups -OCH3 is 1. The Kier molecular flexibility index (Phi) is 5.13. The van der Waals surface area contributed by atoms with Crippen molar-refractivity contribution in [3.8, 4) is 5.88 Å². The number of fused-ring (bicyclic) bond motifs is 1. The number of rotatable bonds is 4. The number of nitrogens with zero attached hydrogens (tertiary/aromatic N) is 1. The molecule has 0 saturated heterocycles. The topological polar surface area (TPSA) is 92.3 Å². The highest BCUT2D eigenvalue weighted by molar-refractivity contribution is 6.39. The van der Waals surface area contributed by atoms with E-state index in [1.54, 1.807) is 12.1 Å². The lowest BCUT2D eigenvalue weighted by Gasteiger charge is -2.18. The number of pyridine rings is 1. The summed E-state index contributed by atoms with van der Waals surface area (Å²) in [4.78, 5) is 27.9. The number of hydrogen-bond acceptors (Lipinski definition) is 5. The number of anilines is 2. The molecular formula is C18H20N4O3. The molecule has 130 valence electrons. The van der Waals surface area contributed by atoms with Crippen LogP contribution >= 0.6 is 0 Å². The molecule has 1 aliphatic heterocycles. The molecule has 2 aromatic rings. The maximum absolute atomic E-state index is 12.0. The quantitative estimate of drug-likeness (QED) is 0.737. The number of amides is 2. The van der Waals surface area contributed by atoms with E-state index < -0.39 is 11.8 Å². The van der Waals surface area contributed by atoms with Gasteiger partial charge in [0.25, 0.3) is 0 Å². The minimum Gasteiger partial charge on any atom is -0.481 e. The molecule has 2 amide bonds. The molecule has 2 heterocycles. The monoisotopic (exact) mass is 340 g/mol. The Bertz CT molecular complexity index is 792. The first-order chi connectivity index (χ1) is 12.2. The van der Waals surface area contributed by atoms with Crippen molar-refractivity contribution in [1.82, 2.24) is 10.3 Å². The molecule has 0 fully saturated rings. The summed E-state index contributed by atoms with van der Waals surface area (Å²) < 4.78 is 4.98. The van der Waals surface area contributed by atoms with Crippen molar-refractivity contribution in [2.24, 2.45) is 0 Å². The van der Waals surface area contributed by atoms with Gasteiger partial charge in [-0.2, -0.15) is 0 Å². The van der Waals surface area contributed by atoms with Crippen molar-refractivity contribution in [2.45, 2.75) is 19.4 Å². The zero-order chi connectivity index (χ0) is 17.6. The third-order valence-electron chi connectivity index (χ3n) is 3.97. The van der Waals surface area contributed by atoms with Gasteiger partial charge in [0.1, 0.15) is 0 Å². The highest BCUT2D eigenvalue weighted by Gasteiger charge is 2.14. The van der Waals surface area contributed by atoms with E-state index in [9.17, 15) is 9.59 Å². The van der Waals surface area contributed by atoms with Gasteiger partial charge in [-0.25, -0.2) is 4.98 Å². The SMILES string of the molecule is COc1cc(NC(=O)C(=O)NCc2ccc3c(c2)CCCN3)ccn1. The van der Waals surface area contributed by atoms with E-state index in [1.165, 1.54) is 18.9 Å². The van der Waals surface area contributed by atoms with E-state index in [-0.39, 0.29) is 0 Å². The Morgan fingerprint density at radius 3 is 2.96 bits per heavy atom. The molecule has 1 aromatic carbocycles. The van der Waals surface area contributed by atoms with E-state index in [0.717, 1.165) is 30.6 Å². The molecule has 0 radical (unpaired) electrons. The Morgan fingerprint density at radius 1 is 1.24 bits per heavy atom. The molecule has 0 atom stereocenters. The maximum Gasteiger partial charge on any atom is 0.313 e. The van der Waals surface area contributed by atoms with Gasteiger partial charge in [-0.1, -0.05) is 12.1 Å². The van der Waals surface area contributed by atoms with E-state index in [1.807, 2.05) is 12.1 Å². The fraction of sp³-hybridized carbons (Fsp3) is 0.278. The van der Waals surface area contributed by atoms with Crippen LogP contribution in [0, 0.1) is 0 Å². The Labute approximate surface area is 145 Å². The summed E-state index contributed by atoms with van der Waals surface area (Å²) in [7, 11) is 1.48. The van der Waals surface area contributed by atoms with Crippen molar-refractivity contribution in [3.05, 3.63) is 47.7 Å². The average molecular weight is 340 g/mol. The highest BCUT2D eigenvalue weighted by Crippen LogP contribution is 2.22. The standard InChI is InChI=1S/C18H20N4O3/c1-25-16-10-14(6-8-20-16)22-18(24)17(23)21-11-12-4-5-15-13(9-12)3-2-7-19-15/h4-6,8-10,19H,2-3,7,11H2,1H3,(H,21,23)(H,20,22,24). The summed E-state index contributed by atoms with van der Waals surface area (Å²) in [6, 6.07) is 9.15. The van der Waals surface area contributed by atoms with E-state index in [0.29, 0.717) is 18.1 Å². The van der Waals surface area contributed by atoms with Crippen LogP contribution in [0.1, 0.15) is 17.5 Å².